The molecule has 0 unspecified atom stereocenters. The predicted octanol–water partition coefficient (Wildman–Crippen LogP) is 2.78. The van der Waals surface area contributed by atoms with Gasteiger partial charge in [-0.1, -0.05) is 11.2 Å². The molecule has 0 fully saturated rings. The molecule has 8 heteroatoms. The number of hydrogen-bond acceptors (Lipinski definition) is 7. The van der Waals surface area contributed by atoms with Gasteiger partial charge in [0.15, 0.2) is 15.7 Å². The fourth-order valence-corrected chi connectivity index (χ4v) is 3.67. The van der Waals surface area contributed by atoms with Crippen molar-refractivity contribution in [3.05, 3.63) is 47.6 Å². The molecule has 22 heavy (non-hydrogen) atoms. The molecule has 6 nitrogen and oxygen atoms in total. The maximum absolute atomic E-state index is 12.3. The number of benzene rings is 1. The number of rotatable bonds is 5. The normalized spacial score (nSPS) is 11.5. The van der Waals surface area contributed by atoms with Gasteiger partial charge in [0.05, 0.1) is 16.9 Å². The first-order valence-corrected chi connectivity index (χ1v) is 8.85. The molecule has 0 aliphatic rings. The Kier molecular flexibility index (Phi) is 3.95. The Morgan fingerprint density at radius 1 is 1.23 bits per heavy atom. The summed E-state index contributed by atoms with van der Waals surface area (Å²) in [4.78, 5) is 5.12. The second-order valence-corrected chi connectivity index (χ2v) is 7.36. The second kappa shape index (κ2) is 5.90. The second-order valence-electron chi connectivity index (χ2n) is 4.43. The van der Waals surface area contributed by atoms with Gasteiger partial charge >= 0.3 is 0 Å². The lowest BCUT2D eigenvalue weighted by molar-refractivity contribution is 0.414. The predicted molar refractivity (Wildman–Crippen MR) is 81.5 cm³/mol. The summed E-state index contributed by atoms with van der Waals surface area (Å²) in [7, 11) is -2.01. The molecule has 0 atom stereocenters. The summed E-state index contributed by atoms with van der Waals surface area (Å²) in [5.74, 6) is 0.751. The topological polar surface area (TPSA) is 82.3 Å². The van der Waals surface area contributed by atoms with E-state index >= 15 is 0 Å². The quantitative estimate of drug-likeness (QED) is 0.712. The van der Waals surface area contributed by atoms with Crippen molar-refractivity contribution < 1.29 is 17.7 Å². The Morgan fingerprint density at radius 2 is 2.00 bits per heavy atom. The fourth-order valence-electron chi connectivity index (χ4n) is 1.85. The molecular formula is C14H12N2O4S2. The van der Waals surface area contributed by atoms with Gasteiger partial charge in [-0.2, -0.15) is 4.98 Å². The zero-order valence-electron chi connectivity index (χ0n) is 11.6. The van der Waals surface area contributed by atoms with Gasteiger partial charge in [-0.05, 0) is 35.7 Å². The molecule has 114 valence electrons. The van der Waals surface area contributed by atoms with E-state index in [4.69, 9.17) is 9.26 Å². The number of methoxy groups -OCH3 is 1. The van der Waals surface area contributed by atoms with Crippen molar-refractivity contribution in [3.8, 4) is 16.5 Å². The lowest BCUT2D eigenvalue weighted by Crippen LogP contribution is -2.06. The molecule has 2 heterocycles. The highest BCUT2D eigenvalue weighted by Crippen LogP contribution is 2.24. The van der Waals surface area contributed by atoms with Crippen LogP contribution in [0, 0.1) is 0 Å². The average molecular weight is 336 g/mol. The first kappa shape index (κ1) is 14.7. The standard InChI is InChI=1S/C14H12N2O4S2/c1-19-10-4-6-11(7-5-10)22(17,18)9-13-15-14(20-16-13)12-3-2-8-21-12/h2-8H,9H2,1H3. The van der Waals surface area contributed by atoms with E-state index in [1.807, 2.05) is 17.5 Å². The van der Waals surface area contributed by atoms with Crippen LogP contribution in [0.2, 0.25) is 0 Å². The lowest BCUT2D eigenvalue weighted by Gasteiger charge is -2.03. The first-order valence-electron chi connectivity index (χ1n) is 6.32. The Labute approximate surface area is 131 Å². The highest BCUT2D eigenvalue weighted by molar-refractivity contribution is 7.90. The molecule has 1 aromatic carbocycles. The van der Waals surface area contributed by atoms with E-state index in [0.717, 1.165) is 4.88 Å². The van der Waals surface area contributed by atoms with Crippen molar-refractivity contribution in [2.45, 2.75) is 10.6 Å². The van der Waals surface area contributed by atoms with Crippen molar-refractivity contribution in [2.24, 2.45) is 0 Å². The first-order chi connectivity index (χ1) is 10.6. The molecule has 0 aliphatic heterocycles. The molecule has 3 rings (SSSR count). The van der Waals surface area contributed by atoms with Crippen LogP contribution in [0.25, 0.3) is 10.8 Å². The third kappa shape index (κ3) is 3.02. The number of hydrogen-bond donors (Lipinski definition) is 0. The Hall–Kier alpha value is -2.19. The van der Waals surface area contributed by atoms with Crippen LogP contribution in [0.5, 0.6) is 5.75 Å². The summed E-state index contributed by atoms with van der Waals surface area (Å²) in [5.41, 5.74) is 0. The summed E-state index contributed by atoms with van der Waals surface area (Å²) < 4.78 is 34.8. The fraction of sp³-hybridized carbons (Fsp3) is 0.143. The van der Waals surface area contributed by atoms with E-state index in [2.05, 4.69) is 10.1 Å². The lowest BCUT2D eigenvalue weighted by atomic mass is 10.3. The highest BCUT2D eigenvalue weighted by Gasteiger charge is 2.20. The van der Waals surface area contributed by atoms with Crippen LogP contribution < -0.4 is 4.74 Å². The van der Waals surface area contributed by atoms with Crippen LogP contribution in [-0.2, 0) is 15.6 Å². The van der Waals surface area contributed by atoms with Gasteiger partial charge in [0.25, 0.3) is 5.89 Å². The molecule has 0 amide bonds. The number of aromatic nitrogens is 2. The molecule has 2 aromatic heterocycles. The van der Waals surface area contributed by atoms with Crippen LogP contribution in [0.1, 0.15) is 5.82 Å². The minimum atomic E-state index is -3.53. The van der Waals surface area contributed by atoms with Crippen molar-refractivity contribution in [1.82, 2.24) is 10.1 Å². The number of sulfone groups is 1. The average Bonchev–Trinajstić information content (AvgIpc) is 3.18. The van der Waals surface area contributed by atoms with Gasteiger partial charge in [0, 0.05) is 0 Å². The SMILES string of the molecule is COc1ccc(S(=O)(=O)Cc2noc(-c3cccs3)n2)cc1. The zero-order chi connectivity index (χ0) is 15.6. The van der Waals surface area contributed by atoms with Crippen LogP contribution in [-0.4, -0.2) is 25.7 Å². The van der Waals surface area contributed by atoms with Crippen molar-refractivity contribution in [3.63, 3.8) is 0 Å². The Morgan fingerprint density at radius 3 is 2.64 bits per heavy atom. The van der Waals surface area contributed by atoms with Crippen molar-refractivity contribution in [2.75, 3.05) is 7.11 Å². The number of thiophene rings is 1. The van der Waals surface area contributed by atoms with Crippen LogP contribution in [0.15, 0.2) is 51.2 Å². The number of ether oxygens (including phenoxy) is 1. The molecule has 0 saturated carbocycles. The maximum atomic E-state index is 12.3. The minimum absolute atomic E-state index is 0.138. The highest BCUT2D eigenvalue weighted by atomic mass is 32.2. The van der Waals surface area contributed by atoms with Crippen LogP contribution in [0.4, 0.5) is 0 Å². The monoisotopic (exact) mass is 336 g/mol. The van der Waals surface area contributed by atoms with Crippen molar-refractivity contribution in [1.29, 1.82) is 0 Å². The minimum Gasteiger partial charge on any atom is -0.497 e. The molecular weight excluding hydrogens is 324 g/mol. The third-order valence-electron chi connectivity index (χ3n) is 2.94. The maximum Gasteiger partial charge on any atom is 0.268 e. The van der Waals surface area contributed by atoms with Gasteiger partial charge in [-0.15, -0.1) is 11.3 Å². The van der Waals surface area contributed by atoms with Crippen LogP contribution >= 0.6 is 11.3 Å². The summed E-state index contributed by atoms with van der Waals surface area (Å²) in [6.45, 7) is 0. The van der Waals surface area contributed by atoms with E-state index in [-0.39, 0.29) is 16.5 Å². The van der Waals surface area contributed by atoms with Gasteiger partial charge in [-0.3, -0.25) is 0 Å². The largest absolute Gasteiger partial charge is 0.497 e. The Bertz CT molecular complexity index is 853. The smallest absolute Gasteiger partial charge is 0.268 e. The van der Waals surface area contributed by atoms with E-state index in [1.54, 1.807) is 12.1 Å². The molecule has 3 aromatic rings. The van der Waals surface area contributed by atoms with E-state index < -0.39 is 9.84 Å². The third-order valence-corrected chi connectivity index (χ3v) is 5.42. The van der Waals surface area contributed by atoms with E-state index in [9.17, 15) is 8.42 Å². The van der Waals surface area contributed by atoms with Gasteiger partial charge in [-0.25, -0.2) is 8.42 Å². The summed E-state index contributed by atoms with van der Waals surface area (Å²) in [6.07, 6.45) is 0. The molecule has 0 N–H and O–H groups in total. The summed E-state index contributed by atoms with van der Waals surface area (Å²) in [6, 6.07) is 9.88. The zero-order valence-corrected chi connectivity index (χ0v) is 13.2. The van der Waals surface area contributed by atoms with E-state index in [0.29, 0.717) is 11.6 Å². The summed E-state index contributed by atoms with van der Waals surface area (Å²) >= 11 is 1.45. The molecule has 0 saturated heterocycles. The van der Waals surface area contributed by atoms with Crippen molar-refractivity contribution >= 4 is 21.2 Å². The van der Waals surface area contributed by atoms with Gasteiger partial charge in [0.1, 0.15) is 11.5 Å². The number of nitrogens with zero attached hydrogens (tertiary/aromatic N) is 2. The molecule has 0 aliphatic carbocycles. The van der Waals surface area contributed by atoms with Gasteiger partial charge < -0.3 is 9.26 Å². The van der Waals surface area contributed by atoms with Gasteiger partial charge in [0.2, 0.25) is 0 Å². The van der Waals surface area contributed by atoms with Crippen LogP contribution in [0.3, 0.4) is 0 Å². The molecule has 0 radical (unpaired) electrons. The molecule has 0 bridgehead atoms. The van der Waals surface area contributed by atoms with E-state index in [1.165, 1.54) is 30.6 Å². The summed E-state index contributed by atoms with van der Waals surface area (Å²) in [5, 5.41) is 5.62. The molecule has 0 spiro atoms. The Balaban J connectivity index is 1.82.